The molecule has 1 fully saturated rings. The molecule has 1 saturated carbocycles. The highest BCUT2D eigenvalue weighted by atomic mass is 16.5. The third kappa shape index (κ3) is 5.57. The van der Waals surface area contributed by atoms with E-state index >= 15 is 0 Å². The summed E-state index contributed by atoms with van der Waals surface area (Å²) in [5, 5.41) is 14.4. The van der Waals surface area contributed by atoms with Crippen LogP contribution in [0.4, 0.5) is 4.79 Å². The number of hydrogen-bond acceptors (Lipinski definition) is 4. The van der Waals surface area contributed by atoms with Crippen molar-refractivity contribution in [3.05, 3.63) is 59.7 Å². The Morgan fingerprint density at radius 3 is 2.32 bits per heavy atom. The zero-order valence-corrected chi connectivity index (χ0v) is 18.9. The van der Waals surface area contributed by atoms with E-state index in [-0.39, 0.29) is 30.9 Å². The number of aliphatic carboxylic acids is 1. The van der Waals surface area contributed by atoms with Crippen molar-refractivity contribution in [3.63, 3.8) is 0 Å². The summed E-state index contributed by atoms with van der Waals surface area (Å²) in [6, 6.07) is 16.2. The van der Waals surface area contributed by atoms with E-state index in [1.54, 1.807) is 0 Å². The van der Waals surface area contributed by atoms with Gasteiger partial charge in [0, 0.05) is 12.5 Å². The quantitative estimate of drug-likeness (QED) is 0.572. The number of carboxylic acid groups (broad SMARTS) is 1. The van der Waals surface area contributed by atoms with Crippen molar-refractivity contribution in [2.75, 3.05) is 19.7 Å². The number of carbonyl (C=O) groups is 3. The van der Waals surface area contributed by atoms with Crippen LogP contribution in [0.3, 0.4) is 0 Å². The number of rotatable bonds is 6. The Bertz CT molecular complexity index is 1090. The van der Waals surface area contributed by atoms with Gasteiger partial charge < -0.3 is 20.5 Å². The van der Waals surface area contributed by atoms with Crippen LogP contribution in [0.1, 0.15) is 42.7 Å². The van der Waals surface area contributed by atoms with Crippen LogP contribution in [0, 0.1) is 23.7 Å². The summed E-state index contributed by atoms with van der Waals surface area (Å²) in [7, 11) is 0. The molecule has 0 heterocycles. The van der Waals surface area contributed by atoms with Gasteiger partial charge in [-0.2, -0.15) is 0 Å². The summed E-state index contributed by atoms with van der Waals surface area (Å²) < 4.78 is 5.44. The summed E-state index contributed by atoms with van der Waals surface area (Å²) in [5.74, 6) is 3.67. The van der Waals surface area contributed by atoms with Gasteiger partial charge in [0.2, 0.25) is 0 Å². The van der Waals surface area contributed by atoms with Gasteiger partial charge in [0.25, 0.3) is 5.91 Å². The summed E-state index contributed by atoms with van der Waals surface area (Å²) in [6.45, 7) is 0.623. The second-order valence-electron chi connectivity index (χ2n) is 8.76. The van der Waals surface area contributed by atoms with Crippen LogP contribution in [-0.4, -0.2) is 42.8 Å². The molecule has 0 radical (unpaired) electrons. The SMILES string of the molecule is O=C(C#CCNC(=O)OCC1c2ccccc2-c2ccccc21)NCC1CCCC(C(=O)O)C1. The lowest BCUT2D eigenvalue weighted by molar-refractivity contribution is -0.143. The molecule has 0 aromatic heterocycles. The Hall–Kier alpha value is -3.79. The van der Waals surface area contributed by atoms with Crippen molar-refractivity contribution in [1.29, 1.82) is 0 Å². The number of ether oxygens (including phenoxy) is 1. The normalized spacial score (nSPS) is 18.6. The largest absolute Gasteiger partial charge is 0.481 e. The smallest absolute Gasteiger partial charge is 0.407 e. The summed E-state index contributed by atoms with van der Waals surface area (Å²) in [6.07, 6.45) is 2.44. The zero-order chi connectivity index (χ0) is 23.9. The summed E-state index contributed by atoms with van der Waals surface area (Å²) >= 11 is 0. The highest BCUT2D eigenvalue weighted by Gasteiger charge is 2.29. The molecule has 2 unspecified atom stereocenters. The van der Waals surface area contributed by atoms with E-state index in [0.29, 0.717) is 19.4 Å². The van der Waals surface area contributed by atoms with Crippen LogP contribution >= 0.6 is 0 Å². The Balaban J connectivity index is 1.19. The fourth-order valence-electron chi connectivity index (χ4n) is 4.87. The summed E-state index contributed by atoms with van der Waals surface area (Å²) in [4.78, 5) is 35.2. The molecule has 2 aliphatic rings. The zero-order valence-electron chi connectivity index (χ0n) is 18.9. The maximum atomic E-state index is 12.1. The van der Waals surface area contributed by atoms with Crippen LogP contribution in [0.25, 0.3) is 11.1 Å². The lowest BCUT2D eigenvalue weighted by Crippen LogP contribution is -2.32. The van der Waals surface area contributed by atoms with E-state index in [9.17, 15) is 14.4 Å². The van der Waals surface area contributed by atoms with E-state index in [0.717, 1.165) is 35.1 Å². The van der Waals surface area contributed by atoms with Gasteiger partial charge in [-0.15, -0.1) is 0 Å². The third-order valence-electron chi connectivity index (χ3n) is 6.55. The van der Waals surface area contributed by atoms with Crippen molar-refractivity contribution in [3.8, 4) is 23.0 Å². The Morgan fingerprint density at radius 1 is 0.971 bits per heavy atom. The molecule has 2 aromatic carbocycles. The Labute approximate surface area is 198 Å². The van der Waals surface area contributed by atoms with Crippen molar-refractivity contribution < 1.29 is 24.2 Å². The predicted molar refractivity (Wildman–Crippen MR) is 127 cm³/mol. The molecule has 0 aliphatic heterocycles. The molecule has 4 rings (SSSR count). The maximum Gasteiger partial charge on any atom is 0.407 e. The fourth-order valence-corrected chi connectivity index (χ4v) is 4.87. The van der Waals surface area contributed by atoms with Gasteiger partial charge >= 0.3 is 12.1 Å². The predicted octanol–water partition coefficient (Wildman–Crippen LogP) is 3.54. The van der Waals surface area contributed by atoms with Crippen molar-refractivity contribution in [2.45, 2.75) is 31.6 Å². The monoisotopic (exact) mass is 460 g/mol. The number of alkyl carbamates (subject to hydrolysis) is 1. The van der Waals surface area contributed by atoms with Gasteiger partial charge in [-0.3, -0.25) is 9.59 Å². The highest BCUT2D eigenvalue weighted by molar-refractivity contribution is 5.93. The Kier molecular flexibility index (Phi) is 7.48. The fraction of sp³-hybridized carbons (Fsp3) is 0.370. The van der Waals surface area contributed by atoms with E-state index < -0.39 is 18.0 Å². The number of carbonyl (C=O) groups excluding carboxylic acids is 2. The summed E-state index contributed by atoms with van der Waals surface area (Å²) in [5.41, 5.74) is 4.60. The van der Waals surface area contributed by atoms with Gasteiger partial charge in [0.1, 0.15) is 6.61 Å². The first-order valence-electron chi connectivity index (χ1n) is 11.6. The number of hydrogen-bond donors (Lipinski definition) is 3. The molecule has 176 valence electrons. The van der Waals surface area contributed by atoms with Crippen molar-refractivity contribution in [1.82, 2.24) is 10.6 Å². The molecule has 0 saturated heterocycles. The number of carboxylic acids is 1. The van der Waals surface area contributed by atoms with E-state index in [4.69, 9.17) is 9.84 Å². The molecule has 3 N–H and O–H groups in total. The van der Waals surface area contributed by atoms with Gasteiger partial charge in [-0.05, 0) is 53.4 Å². The maximum absolute atomic E-state index is 12.1. The van der Waals surface area contributed by atoms with Crippen LogP contribution in [-0.2, 0) is 14.3 Å². The molecule has 2 amide bonds. The minimum atomic E-state index is -0.768. The first-order valence-corrected chi connectivity index (χ1v) is 11.6. The minimum Gasteiger partial charge on any atom is -0.481 e. The molecule has 7 nitrogen and oxygen atoms in total. The topological polar surface area (TPSA) is 105 Å². The molecule has 2 aromatic rings. The van der Waals surface area contributed by atoms with Gasteiger partial charge in [-0.1, -0.05) is 60.9 Å². The highest BCUT2D eigenvalue weighted by Crippen LogP contribution is 2.44. The van der Waals surface area contributed by atoms with Gasteiger partial charge in [0.15, 0.2) is 0 Å². The van der Waals surface area contributed by atoms with E-state index in [2.05, 4.69) is 46.7 Å². The average Bonchev–Trinajstić information content (AvgIpc) is 3.18. The van der Waals surface area contributed by atoms with Crippen LogP contribution in [0.15, 0.2) is 48.5 Å². The molecule has 0 spiro atoms. The molecular formula is C27H28N2O5. The second-order valence-corrected chi connectivity index (χ2v) is 8.76. The van der Waals surface area contributed by atoms with E-state index in [1.807, 2.05) is 24.3 Å². The number of amides is 2. The van der Waals surface area contributed by atoms with Crippen LogP contribution in [0.5, 0.6) is 0 Å². The molecule has 2 aliphatic carbocycles. The van der Waals surface area contributed by atoms with E-state index in [1.165, 1.54) is 0 Å². The first kappa shape index (κ1) is 23.4. The number of benzene rings is 2. The third-order valence-corrected chi connectivity index (χ3v) is 6.55. The lowest BCUT2D eigenvalue weighted by Gasteiger charge is -2.26. The van der Waals surface area contributed by atoms with Crippen molar-refractivity contribution >= 4 is 18.0 Å². The minimum absolute atomic E-state index is 0.00535. The van der Waals surface area contributed by atoms with Crippen LogP contribution in [0.2, 0.25) is 0 Å². The van der Waals surface area contributed by atoms with Gasteiger partial charge in [0.05, 0.1) is 12.5 Å². The first-order chi connectivity index (χ1) is 16.5. The average molecular weight is 461 g/mol. The molecule has 0 bridgehead atoms. The molecule has 2 atom stereocenters. The Morgan fingerprint density at radius 2 is 1.65 bits per heavy atom. The molecular weight excluding hydrogens is 432 g/mol. The number of nitrogens with one attached hydrogen (secondary N) is 2. The second kappa shape index (κ2) is 10.9. The molecule has 7 heteroatoms. The van der Waals surface area contributed by atoms with Crippen molar-refractivity contribution in [2.24, 2.45) is 11.8 Å². The molecule has 34 heavy (non-hydrogen) atoms. The number of fused-ring (bicyclic) bond motifs is 3. The standard InChI is InChI=1S/C27H28N2O5/c30-25(29-16-18-7-5-8-19(15-18)26(31)32)13-6-14-28-27(33)34-17-24-22-11-3-1-9-20(22)21-10-2-4-12-23(21)24/h1-4,9-12,18-19,24H,5,7-8,14-17H2,(H,28,33)(H,29,30)(H,31,32). The van der Waals surface area contributed by atoms with Crippen LogP contribution < -0.4 is 10.6 Å². The van der Waals surface area contributed by atoms with Gasteiger partial charge in [-0.25, -0.2) is 4.79 Å². The lowest BCUT2D eigenvalue weighted by atomic mass is 9.81.